The molecule has 0 unspecified atom stereocenters. The van der Waals surface area contributed by atoms with Crippen LogP contribution in [0.5, 0.6) is 0 Å². The number of likely N-dealkylation sites (N-methyl/N-ethyl adjacent to an activating group) is 1. The van der Waals surface area contributed by atoms with Crippen LogP contribution >= 0.6 is 11.3 Å². The third-order valence-electron chi connectivity index (χ3n) is 4.96. The van der Waals surface area contributed by atoms with Crippen molar-refractivity contribution < 1.29 is 17.6 Å². The number of hydrogen-bond donors (Lipinski definition) is 0. The molecule has 0 spiro atoms. The van der Waals surface area contributed by atoms with Gasteiger partial charge in [-0.2, -0.15) is 0 Å². The molecule has 0 bridgehead atoms. The third-order valence-corrected chi connectivity index (χ3v) is 8.09. The predicted molar refractivity (Wildman–Crippen MR) is 105 cm³/mol. The number of sulfonamides is 1. The molecule has 8 heteroatoms. The number of rotatable bonds is 6. The summed E-state index contributed by atoms with van der Waals surface area (Å²) in [6.07, 6.45) is 5.12. The fraction of sp³-hybridized carbons (Fsp3) is 0.421. The van der Waals surface area contributed by atoms with Gasteiger partial charge < -0.3 is 4.90 Å². The van der Waals surface area contributed by atoms with Crippen LogP contribution in [0.4, 0.5) is 10.1 Å². The van der Waals surface area contributed by atoms with E-state index in [2.05, 4.69) is 0 Å². The zero-order chi connectivity index (χ0) is 19.4. The first-order chi connectivity index (χ1) is 12.9. The summed E-state index contributed by atoms with van der Waals surface area (Å²) in [6, 6.07) is 8.82. The van der Waals surface area contributed by atoms with Crippen molar-refractivity contribution >= 4 is 33.0 Å². The maximum atomic E-state index is 14.4. The van der Waals surface area contributed by atoms with Gasteiger partial charge in [0.2, 0.25) is 5.91 Å². The molecule has 1 aromatic heterocycles. The van der Waals surface area contributed by atoms with Crippen LogP contribution in [-0.4, -0.2) is 38.9 Å². The average Bonchev–Trinajstić information content (AvgIpc) is 3.22. The van der Waals surface area contributed by atoms with Gasteiger partial charge in [-0.25, -0.2) is 12.8 Å². The second kappa shape index (κ2) is 8.39. The summed E-state index contributed by atoms with van der Waals surface area (Å²) in [7, 11) is -2.32. The van der Waals surface area contributed by atoms with E-state index in [-0.39, 0.29) is 21.8 Å². The number of para-hydroxylation sites is 1. The largest absolute Gasteiger partial charge is 0.341 e. The summed E-state index contributed by atoms with van der Waals surface area (Å²) in [5, 5.41) is 1.64. The highest BCUT2D eigenvalue weighted by molar-refractivity contribution is 7.94. The Morgan fingerprint density at radius 2 is 1.85 bits per heavy atom. The second-order valence-corrected chi connectivity index (χ2v) is 9.73. The van der Waals surface area contributed by atoms with E-state index in [1.807, 2.05) is 0 Å². The molecule has 0 radical (unpaired) electrons. The van der Waals surface area contributed by atoms with Crippen molar-refractivity contribution in [2.45, 2.75) is 42.4 Å². The van der Waals surface area contributed by atoms with Crippen molar-refractivity contribution in [3.63, 3.8) is 0 Å². The van der Waals surface area contributed by atoms with Crippen molar-refractivity contribution in [3.05, 3.63) is 47.6 Å². The quantitative estimate of drug-likeness (QED) is 0.726. The Bertz CT molecular complexity index is 878. The maximum absolute atomic E-state index is 14.4. The summed E-state index contributed by atoms with van der Waals surface area (Å²) in [5.74, 6) is -1.00. The molecule has 146 valence electrons. The molecular formula is C19H23FN2O3S2. The molecule has 0 aliphatic heterocycles. The van der Waals surface area contributed by atoms with Gasteiger partial charge >= 0.3 is 0 Å². The SMILES string of the molecule is CN(C(=O)CN(c1ccccc1F)S(=O)(=O)c1cccs1)C1CCCCC1. The van der Waals surface area contributed by atoms with Crippen molar-refractivity contribution in [1.82, 2.24) is 4.90 Å². The molecule has 1 fully saturated rings. The number of hydrogen-bond acceptors (Lipinski definition) is 4. The third kappa shape index (κ3) is 4.32. The van der Waals surface area contributed by atoms with E-state index >= 15 is 0 Å². The highest BCUT2D eigenvalue weighted by Crippen LogP contribution is 2.29. The van der Waals surface area contributed by atoms with E-state index in [1.54, 1.807) is 29.5 Å². The van der Waals surface area contributed by atoms with Crippen LogP contribution < -0.4 is 4.31 Å². The molecule has 1 heterocycles. The van der Waals surface area contributed by atoms with Gasteiger partial charge in [-0.15, -0.1) is 11.3 Å². The van der Waals surface area contributed by atoms with Gasteiger partial charge in [-0.3, -0.25) is 9.10 Å². The highest BCUT2D eigenvalue weighted by atomic mass is 32.2. The maximum Gasteiger partial charge on any atom is 0.274 e. The van der Waals surface area contributed by atoms with Crippen LogP contribution in [0.15, 0.2) is 46.0 Å². The molecule has 27 heavy (non-hydrogen) atoms. The first kappa shape index (κ1) is 19.8. The zero-order valence-corrected chi connectivity index (χ0v) is 16.8. The number of carbonyl (C=O) groups is 1. The topological polar surface area (TPSA) is 57.7 Å². The molecule has 1 aliphatic carbocycles. The fourth-order valence-electron chi connectivity index (χ4n) is 3.38. The highest BCUT2D eigenvalue weighted by Gasteiger charge is 2.32. The molecule has 0 N–H and O–H groups in total. The molecular weight excluding hydrogens is 387 g/mol. The Hall–Kier alpha value is -1.93. The van der Waals surface area contributed by atoms with Crippen molar-refractivity contribution in [1.29, 1.82) is 0 Å². The molecule has 1 aliphatic rings. The molecule has 2 aromatic rings. The van der Waals surface area contributed by atoms with Crippen LogP contribution in [0.2, 0.25) is 0 Å². The van der Waals surface area contributed by atoms with E-state index in [4.69, 9.17) is 0 Å². The number of nitrogens with zero attached hydrogens (tertiary/aromatic N) is 2. The number of amides is 1. The number of carbonyl (C=O) groups excluding carboxylic acids is 1. The average molecular weight is 411 g/mol. The lowest BCUT2D eigenvalue weighted by molar-refractivity contribution is -0.130. The van der Waals surface area contributed by atoms with Gasteiger partial charge in [-0.05, 0) is 36.4 Å². The van der Waals surface area contributed by atoms with Gasteiger partial charge in [0.05, 0.1) is 5.69 Å². The monoisotopic (exact) mass is 410 g/mol. The van der Waals surface area contributed by atoms with E-state index in [1.165, 1.54) is 24.3 Å². The van der Waals surface area contributed by atoms with E-state index < -0.39 is 22.4 Å². The fourth-order valence-corrected chi connectivity index (χ4v) is 5.91. The summed E-state index contributed by atoms with van der Waals surface area (Å²) in [5.41, 5.74) is -0.115. The predicted octanol–water partition coefficient (Wildman–Crippen LogP) is 3.87. The lowest BCUT2D eigenvalue weighted by Crippen LogP contribution is -2.46. The van der Waals surface area contributed by atoms with Crippen LogP contribution in [0.25, 0.3) is 0 Å². The standard InChI is InChI=1S/C19H23FN2O3S2/c1-21(15-8-3-2-4-9-15)18(23)14-22(17-11-6-5-10-16(17)20)27(24,25)19-12-7-13-26-19/h5-7,10-13,15H,2-4,8-9,14H2,1H3. The molecule has 5 nitrogen and oxygen atoms in total. The second-order valence-electron chi connectivity index (χ2n) is 6.69. The molecule has 0 saturated heterocycles. The van der Waals surface area contributed by atoms with Gasteiger partial charge in [0, 0.05) is 13.1 Å². The first-order valence-electron chi connectivity index (χ1n) is 8.97. The van der Waals surface area contributed by atoms with Crippen molar-refractivity contribution in [2.24, 2.45) is 0 Å². The number of thiophene rings is 1. The summed E-state index contributed by atoms with van der Waals surface area (Å²) < 4.78 is 41.5. The normalized spacial score (nSPS) is 15.5. The van der Waals surface area contributed by atoms with Gasteiger partial charge in [0.25, 0.3) is 10.0 Å². The van der Waals surface area contributed by atoms with Gasteiger partial charge in [0.1, 0.15) is 16.6 Å². The Balaban J connectivity index is 1.91. The molecule has 0 atom stereocenters. The number of anilines is 1. The molecule has 1 amide bonds. The number of benzene rings is 1. The lowest BCUT2D eigenvalue weighted by Gasteiger charge is -2.33. The first-order valence-corrected chi connectivity index (χ1v) is 11.3. The van der Waals surface area contributed by atoms with Crippen LogP contribution in [0.1, 0.15) is 32.1 Å². The lowest BCUT2D eigenvalue weighted by atomic mass is 9.94. The minimum Gasteiger partial charge on any atom is -0.341 e. The Labute approximate surface area is 163 Å². The van der Waals surface area contributed by atoms with Gasteiger partial charge in [0.15, 0.2) is 0 Å². The van der Waals surface area contributed by atoms with E-state index in [0.717, 1.165) is 47.7 Å². The van der Waals surface area contributed by atoms with Crippen LogP contribution in [-0.2, 0) is 14.8 Å². The number of halogens is 1. The van der Waals surface area contributed by atoms with Crippen LogP contribution in [0, 0.1) is 5.82 Å². The summed E-state index contributed by atoms with van der Waals surface area (Å²) in [4.78, 5) is 14.5. The Morgan fingerprint density at radius 3 is 2.48 bits per heavy atom. The zero-order valence-electron chi connectivity index (χ0n) is 15.2. The van der Waals surface area contributed by atoms with Crippen molar-refractivity contribution in [2.75, 3.05) is 17.9 Å². The minimum absolute atomic E-state index is 0.0823. The molecule has 3 rings (SSSR count). The summed E-state index contributed by atoms with van der Waals surface area (Å²) >= 11 is 1.05. The Morgan fingerprint density at radius 1 is 1.15 bits per heavy atom. The molecule has 1 aromatic carbocycles. The van der Waals surface area contributed by atoms with Crippen LogP contribution in [0.3, 0.4) is 0 Å². The van der Waals surface area contributed by atoms with E-state index in [0.29, 0.717) is 0 Å². The van der Waals surface area contributed by atoms with Crippen molar-refractivity contribution in [3.8, 4) is 0 Å². The minimum atomic E-state index is -4.03. The van der Waals surface area contributed by atoms with Gasteiger partial charge in [-0.1, -0.05) is 37.5 Å². The molecule has 1 saturated carbocycles. The van der Waals surface area contributed by atoms with E-state index in [9.17, 15) is 17.6 Å². The smallest absolute Gasteiger partial charge is 0.274 e. The Kier molecular flexibility index (Phi) is 6.16. The summed E-state index contributed by atoms with van der Waals surface area (Å²) in [6.45, 7) is -0.422.